The predicted molar refractivity (Wildman–Crippen MR) is 81.9 cm³/mol. The Balaban J connectivity index is 0. The molecule has 0 aliphatic carbocycles. The van der Waals surface area contributed by atoms with Crippen LogP contribution in [-0.2, 0) is 38.1 Å². The highest BCUT2D eigenvalue weighted by molar-refractivity contribution is 7.86. The van der Waals surface area contributed by atoms with Gasteiger partial charge < -0.3 is 10.1 Å². The van der Waals surface area contributed by atoms with Gasteiger partial charge >= 0.3 is 5.97 Å². The molecule has 0 radical (unpaired) electrons. The van der Waals surface area contributed by atoms with Crippen molar-refractivity contribution in [3.05, 3.63) is 0 Å². The number of esters is 1. The summed E-state index contributed by atoms with van der Waals surface area (Å²) in [4.78, 5) is 9.82. The Bertz CT molecular complexity index is 493. The van der Waals surface area contributed by atoms with Gasteiger partial charge in [-0.05, 0) is 6.92 Å². The van der Waals surface area contributed by atoms with E-state index in [0.29, 0.717) is 6.61 Å². The van der Waals surface area contributed by atoms with E-state index in [1.54, 1.807) is 6.92 Å². The molecule has 0 spiro atoms. The highest BCUT2D eigenvalue weighted by Crippen LogP contribution is 2.13. The van der Waals surface area contributed by atoms with Gasteiger partial charge in [0.25, 0.3) is 20.2 Å². The lowest BCUT2D eigenvalue weighted by Gasteiger charge is -2.16. The second-order valence-electron chi connectivity index (χ2n) is 4.26. The van der Waals surface area contributed by atoms with Crippen LogP contribution in [0.15, 0.2) is 0 Å². The summed E-state index contributed by atoms with van der Waals surface area (Å²) in [7, 11) is -7.22. The van der Waals surface area contributed by atoms with E-state index in [1.807, 2.05) is 0 Å². The normalized spacial score (nSPS) is 21.3. The van der Waals surface area contributed by atoms with Crippen molar-refractivity contribution in [3.8, 4) is 0 Å². The van der Waals surface area contributed by atoms with Gasteiger partial charge in [0.15, 0.2) is 0 Å². The number of rotatable bonds is 5. The molecule has 0 bridgehead atoms. The number of hydrogen-bond acceptors (Lipinski definition) is 9. The van der Waals surface area contributed by atoms with Gasteiger partial charge in [-0.1, -0.05) is 0 Å². The largest absolute Gasteiger partial charge is 0.466 e. The molecule has 12 heteroatoms. The molecule has 0 amide bonds. The van der Waals surface area contributed by atoms with Crippen LogP contribution in [0.1, 0.15) is 13.8 Å². The lowest BCUT2D eigenvalue weighted by molar-refractivity contribution is -0.140. The molecule has 9 nitrogen and oxygen atoms in total. The Kier molecular flexibility index (Phi) is 11.2. The topological polar surface area (TPSA) is 125 Å². The summed E-state index contributed by atoms with van der Waals surface area (Å²) in [5, 5.41) is 2.79. The van der Waals surface area contributed by atoms with E-state index in [0.717, 1.165) is 12.5 Å². The first-order chi connectivity index (χ1) is 9.44. The van der Waals surface area contributed by atoms with Crippen molar-refractivity contribution in [1.82, 2.24) is 5.32 Å². The van der Waals surface area contributed by atoms with Crippen molar-refractivity contribution >= 4 is 38.6 Å². The fraction of sp³-hybridized carbons (Fsp3) is 0.900. The van der Waals surface area contributed by atoms with E-state index in [-0.39, 0.29) is 31.5 Å². The second-order valence-corrected chi connectivity index (χ2v) is 7.46. The first kappa shape index (κ1) is 23.8. The SMILES string of the molecule is CCOC(C)=O.CS(=O)(=O)O[C@H]1CNC[C@@H]1OS(C)(=O)=O.Cl. The molecule has 0 unspecified atom stereocenters. The number of halogens is 1. The van der Waals surface area contributed by atoms with Crippen LogP contribution in [0.5, 0.6) is 0 Å². The lowest BCUT2D eigenvalue weighted by atomic mass is 10.3. The molecule has 0 aromatic rings. The van der Waals surface area contributed by atoms with Crippen LogP contribution in [0.2, 0.25) is 0 Å². The van der Waals surface area contributed by atoms with E-state index in [1.165, 1.54) is 6.92 Å². The second kappa shape index (κ2) is 10.3. The molecular formula is C10H22ClNO8S2. The first-order valence-electron chi connectivity index (χ1n) is 6.05. The number of carbonyl (C=O) groups is 1. The lowest BCUT2D eigenvalue weighted by Crippen LogP contribution is -2.33. The molecule has 0 aromatic heterocycles. The number of hydrogen-bond donors (Lipinski definition) is 1. The van der Waals surface area contributed by atoms with E-state index < -0.39 is 32.4 Å². The number of carbonyl (C=O) groups excluding carboxylic acids is 1. The maximum atomic E-state index is 10.8. The molecule has 1 N–H and O–H groups in total. The van der Waals surface area contributed by atoms with Crippen molar-refractivity contribution in [1.29, 1.82) is 0 Å². The van der Waals surface area contributed by atoms with Crippen LogP contribution >= 0.6 is 12.4 Å². The molecule has 134 valence electrons. The molecule has 0 aromatic carbocycles. The van der Waals surface area contributed by atoms with Crippen LogP contribution < -0.4 is 5.32 Å². The molecule has 1 aliphatic heterocycles. The molecular weight excluding hydrogens is 362 g/mol. The van der Waals surface area contributed by atoms with Gasteiger partial charge in [0.05, 0.1) is 19.1 Å². The Morgan fingerprint density at radius 3 is 1.59 bits per heavy atom. The number of nitrogens with one attached hydrogen (secondary N) is 1. The number of ether oxygens (including phenoxy) is 1. The average Bonchev–Trinajstić information content (AvgIpc) is 2.61. The fourth-order valence-electron chi connectivity index (χ4n) is 1.48. The van der Waals surface area contributed by atoms with Crippen molar-refractivity contribution in [3.63, 3.8) is 0 Å². The van der Waals surface area contributed by atoms with Gasteiger partial charge in [0.1, 0.15) is 12.2 Å². The van der Waals surface area contributed by atoms with Gasteiger partial charge in [-0.3, -0.25) is 13.2 Å². The monoisotopic (exact) mass is 383 g/mol. The maximum Gasteiger partial charge on any atom is 0.302 e. The third-order valence-electron chi connectivity index (χ3n) is 2.05. The maximum absolute atomic E-state index is 10.8. The zero-order valence-electron chi connectivity index (χ0n) is 12.8. The highest BCUT2D eigenvalue weighted by Gasteiger charge is 2.34. The molecule has 1 fully saturated rings. The van der Waals surface area contributed by atoms with E-state index in [2.05, 4.69) is 18.4 Å². The van der Waals surface area contributed by atoms with Crippen LogP contribution in [0, 0.1) is 0 Å². The molecule has 1 heterocycles. The Labute approximate surface area is 137 Å². The molecule has 0 saturated carbocycles. The molecule has 2 atom stereocenters. The van der Waals surface area contributed by atoms with E-state index in [4.69, 9.17) is 0 Å². The van der Waals surface area contributed by atoms with Gasteiger partial charge in [-0.15, -0.1) is 12.4 Å². The minimum Gasteiger partial charge on any atom is -0.466 e. The van der Waals surface area contributed by atoms with Gasteiger partial charge in [0, 0.05) is 20.0 Å². The molecule has 1 rings (SSSR count). The molecule has 22 heavy (non-hydrogen) atoms. The minimum atomic E-state index is -3.61. The van der Waals surface area contributed by atoms with E-state index >= 15 is 0 Å². The van der Waals surface area contributed by atoms with Crippen molar-refractivity contribution in [2.75, 3.05) is 32.2 Å². The zero-order valence-corrected chi connectivity index (χ0v) is 15.2. The summed E-state index contributed by atoms with van der Waals surface area (Å²) in [6, 6.07) is 0. The van der Waals surface area contributed by atoms with Gasteiger partial charge in [0.2, 0.25) is 0 Å². The Hall–Kier alpha value is -0.460. The molecule has 1 aliphatic rings. The van der Waals surface area contributed by atoms with Crippen LogP contribution in [-0.4, -0.2) is 67.2 Å². The summed E-state index contributed by atoms with van der Waals surface area (Å²) < 4.78 is 57.1. The van der Waals surface area contributed by atoms with Crippen LogP contribution in [0.25, 0.3) is 0 Å². The van der Waals surface area contributed by atoms with Crippen LogP contribution in [0.4, 0.5) is 0 Å². The summed E-state index contributed by atoms with van der Waals surface area (Å²) in [6.45, 7) is 4.14. The van der Waals surface area contributed by atoms with Crippen molar-refractivity contribution < 1.29 is 34.7 Å². The quantitative estimate of drug-likeness (QED) is 0.483. The smallest absolute Gasteiger partial charge is 0.302 e. The zero-order chi connectivity index (χ0) is 16.7. The van der Waals surface area contributed by atoms with Crippen molar-refractivity contribution in [2.45, 2.75) is 26.1 Å². The van der Waals surface area contributed by atoms with Crippen molar-refractivity contribution in [2.24, 2.45) is 0 Å². The highest BCUT2D eigenvalue weighted by atomic mass is 35.5. The summed E-state index contributed by atoms with van der Waals surface area (Å²) in [5.74, 6) is -0.211. The molecule has 1 saturated heterocycles. The summed E-state index contributed by atoms with van der Waals surface area (Å²) in [6.07, 6.45) is 0.218. The van der Waals surface area contributed by atoms with Gasteiger partial charge in [-0.2, -0.15) is 16.8 Å². The summed E-state index contributed by atoms with van der Waals surface area (Å²) >= 11 is 0. The summed E-state index contributed by atoms with van der Waals surface area (Å²) in [5.41, 5.74) is 0. The third-order valence-corrected chi connectivity index (χ3v) is 3.24. The standard InChI is InChI=1S/C6H13NO6S2.C4H8O2.ClH/c1-14(8,9)12-5-3-7-4-6(5)13-15(2,10)11;1-3-6-4(2)5;/h5-7H,3-4H2,1-2H3;3H2,1-2H3;1H/t5-,6-;;/m0../s1. The third kappa shape index (κ3) is 13.2. The first-order valence-corrected chi connectivity index (χ1v) is 9.68. The average molecular weight is 384 g/mol. The Morgan fingerprint density at radius 1 is 1.05 bits per heavy atom. The fourth-order valence-corrected chi connectivity index (χ4v) is 2.76. The predicted octanol–water partition coefficient (Wildman–Crippen LogP) is -0.730. The minimum absolute atomic E-state index is 0. The van der Waals surface area contributed by atoms with E-state index in [9.17, 15) is 21.6 Å². The van der Waals surface area contributed by atoms with Gasteiger partial charge in [-0.25, -0.2) is 0 Å². The Morgan fingerprint density at radius 2 is 1.41 bits per heavy atom. The van der Waals surface area contributed by atoms with Crippen LogP contribution in [0.3, 0.4) is 0 Å².